The zero-order valence-corrected chi connectivity index (χ0v) is 20.0. The lowest BCUT2D eigenvalue weighted by atomic mass is 10.2. The molecule has 1 N–H and O–H groups in total. The van der Waals surface area contributed by atoms with Crippen molar-refractivity contribution in [3.8, 4) is 11.5 Å². The van der Waals surface area contributed by atoms with E-state index in [4.69, 9.17) is 4.74 Å². The Morgan fingerprint density at radius 1 is 1.22 bits per heavy atom. The van der Waals surface area contributed by atoms with Crippen LogP contribution in [0.4, 0.5) is 5.82 Å². The molecule has 9 heteroatoms. The lowest BCUT2D eigenvalue weighted by Crippen LogP contribution is -2.17. The number of para-hydroxylation sites is 1. The van der Waals surface area contributed by atoms with Crippen LogP contribution in [0.15, 0.2) is 80.3 Å². The van der Waals surface area contributed by atoms with Gasteiger partial charge in [0, 0.05) is 34.2 Å². The number of aliphatic imine (C=N–C) groups is 1. The first-order valence-corrected chi connectivity index (χ1v) is 12.2. The molecule has 0 amide bonds. The molecule has 0 saturated carbocycles. The largest absolute Gasteiger partial charge is 0.453 e. The highest BCUT2D eigenvalue weighted by atomic mass is 32.2. The van der Waals surface area contributed by atoms with Crippen LogP contribution in [0.5, 0.6) is 11.5 Å². The minimum Gasteiger partial charge on any atom is -0.453 e. The number of pyridine rings is 1. The second kappa shape index (κ2) is 10.7. The minimum absolute atomic E-state index is 0.485. The number of thioether (sulfide) groups is 1. The predicted octanol–water partition coefficient (Wildman–Crippen LogP) is 6.46. The summed E-state index contributed by atoms with van der Waals surface area (Å²) in [7, 11) is 0. The number of aromatic nitrogens is 3. The van der Waals surface area contributed by atoms with Crippen molar-refractivity contribution in [2.45, 2.75) is 29.5 Å². The predicted molar refractivity (Wildman–Crippen MR) is 136 cm³/mol. The number of fused-ring (bicyclic) bond motifs is 1. The van der Waals surface area contributed by atoms with Crippen LogP contribution >= 0.6 is 36.2 Å². The molecule has 0 fully saturated rings. The zero-order valence-electron chi connectivity index (χ0n) is 17.5. The molecule has 0 atom stereocenters. The Balaban J connectivity index is 1.67. The second-order valence-corrected chi connectivity index (χ2v) is 9.02. The molecular weight excluding hydrogens is 458 g/mol. The third-order valence-electron chi connectivity index (χ3n) is 4.33. The highest BCUT2D eigenvalue weighted by Gasteiger charge is 2.16. The van der Waals surface area contributed by atoms with Gasteiger partial charge in [-0.2, -0.15) is 0 Å². The number of hydrogen-bond donors (Lipinski definition) is 2. The molecule has 0 spiro atoms. The summed E-state index contributed by atoms with van der Waals surface area (Å²) in [6.45, 7) is 3.78. The number of nitrogens with one attached hydrogen (secondary N) is 1. The van der Waals surface area contributed by atoms with Crippen molar-refractivity contribution in [2.24, 2.45) is 4.99 Å². The normalized spacial score (nSPS) is 13.6. The monoisotopic (exact) mass is 479 g/mol. The van der Waals surface area contributed by atoms with E-state index in [-0.39, 0.29) is 0 Å². The Kier molecular flexibility index (Phi) is 7.51. The van der Waals surface area contributed by atoms with Crippen molar-refractivity contribution >= 4 is 53.9 Å². The molecule has 0 bridgehead atoms. The van der Waals surface area contributed by atoms with Gasteiger partial charge in [-0.05, 0) is 42.9 Å². The van der Waals surface area contributed by atoms with Gasteiger partial charge in [-0.15, -0.1) is 24.4 Å². The molecule has 162 valence electrons. The second-order valence-electron chi connectivity index (χ2n) is 6.80. The van der Waals surface area contributed by atoms with Gasteiger partial charge in [-0.3, -0.25) is 0 Å². The van der Waals surface area contributed by atoms with E-state index in [9.17, 15) is 0 Å². The zero-order chi connectivity index (χ0) is 22.3. The molecule has 0 radical (unpaired) electrons. The maximum atomic E-state index is 6.14. The fourth-order valence-electron chi connectivity index (χ4n) is 2.89. The average molecular weight is 480 g/mol. The molecule has 0 unspecified atom stereocenters. The van der Waals surface area contributed by atoms with E-state index in [1.165, 1.54) is 0 Å². The smallest absolute Gasteiger partial charge is 0.197 e. The van der Waals surface area contributed by atoms with Gasteiger partial charge in [0.15, 0.2) is 11.6 Å². The van der Waals surface area contributed by atoms with Crippen LogP contribution in [-0.2, 0) is 5.75 Å². The van der Waals surface area contributed by atoms with E-state index in [1.54, 1.807) is 41.5 Å². The van der Waals surface area contributed by atoms with Crippen molar-refractivity contribution in [3.63, 3.8) is 0 Å². The summed E-state index contributed by atoms with van der Waals surface area (Å²) in [5.74, 6) is 3.30. The fourth-order valence-corrected chi connectivity index (χ4v) is 4.71. The number of nitrogens with zero attached hydrogens (tertiary/aromatic N) is 4. The van der Waals surface area contributed by atoms with Crippen LogP contribution in [0, 0.1) is 0 Å². The molecular formula is C23H21N5OS3. The van der Waals surface area contributed by atoms with Crippen LogP contribution in [0.2, 0.25) is 0 Å². The maximum Gasteiger partial charge on any atom is 0.197 e. The third-order valence-corrected chi connectivity index (χ3v) is 6.50. The Morgan fingerprint density at radius 2 is 2.06 bits per heavy atom. The number of allylic oxidation sites excluding steroid dienone is 1. The van der Waals surface area contributed by atoms with E-state index in [1.807, 2.05) is 56.3 Å². The van der Waals surface area contributed by atoms with Crippen molar-refractivity contribution < 1.29 is 4.74 Å². The molecule has 3 aromatic rings. The number of thiol groups is 1. The standard InChI is InChI=1S/C23H21N5OS3/c1-15(12-30)27-16(2)28-22-21(29-17-6-4-3-5-7-17)10-18(11-24-22)32-23-19-13-31-9-8-20(19)25-14-26-23/h3-12,14,30H,13H2,1-2H3,(H,24,27,28)/b15-12-. The molecule has 2 aromatic heterocycles. The highest BCUT2D eigenvalue weighted by Crippen LogP contribution is 2.38. The van der Waals surface area contributed by atoms with E-state index in [0.29, 0.717) is 23.2 Å². The lowest BCUT2D eigenvalue weighted by Gasteiger charge is -2.14. The topological polar surface area (TPSA) is 72.3 Å². The average Bonchev–Trinajstić information content (AvgIpc) is 2.81. The Labute approximate surface area is 201 Å². The number of rotatable bonds is 6. The summed E-state index contributed by atoms with van der Waals surface area (Å²) < 4.78 is 6.14. The van der Waals surface area contributed by atoms with Crippen LogP contribution < -0.4 is 10.1 Å². The SMILES string of the molecule is CC(=Nc1ncc(Sc2ncnc3c2CSC=C3)cc1Oc1ccccc1)N/C(C)=C\S. The molecule has 1 aliphatic rings. The van der Waals surface area contributed by atoms with Crippen molar-refractivity contribution in [1.82, 2.24) is 20.3 Å². The summed E-state index contributed by atoms with van der Waals surface area (Å²) in [6, 6.07) is 11.5. The van der Waals surface area contributed by atoms with E-state index in [0.717, 1.165) is 32.6 Å². The van der Waals surface area contributed by atoms with Crippen LogP contribution in [0.3, 0.4) is 0 Å². The van der Waals surface area contributed by atoms with E-state index >= 15 is 0 Å². The fraction of sp³-hybridized carbons (Fsp3) is 0.130. The van der Waals surface area contributed by atoms with E-state index in [2.05, 4.69) is 43.3 Å². The minimum atomic E-state index is 0.485. The number of ether oxygens (including phenoxy) is 1. The number of amidine groups is 1. The molecule has 32 heavy (non-hydrogen) atoms. The quantitative estimate of drug-likeness (QED) is 0.182. The maximum absolute atomic E-state index is 6.14. The molecule has 1 aromatic carbocycles. The van der Waals surface area contributed by atoms with Crippen LogP contribution in [0.25, 0.3) is 6.08 Å². The summed E-state index contributed by atoms with van der Waals surface area (Å²) in [6.07, 6.45) is 5.41. The van der Waals surface area contributed by atoms with Gasteiger partial charge in [0.25, 0.3) is 0 Å². The molecule has 6 nitrogen and oxygen atoms in total. The first kappa shape index (κ1) is 22.4. The summed E-state index contributed by atoms with van der Waals surface area (Å²) in [4.78, 5) is 19.0. The summed E-state index contributed by atoms with van der Waals surface area (Å²) >= 11 is 7.44. The van der Waals surface area contributed by atoms with Gasteiger partial charge in [0.1, 0.15) is 22.9 Å². The molecule has 4 rings (SSSR count). The number of hydrogen-bond acceptors (Lipinski definition) is 8. The number of benzene rings is 1. The van der Waals surface area contributed by atoms with Gasteiger partial charge in [0.05, 0.1) is 5.69 Å². The van der Waals surface area contributed by atoms with E-state index < -0.39 is 0 Å². The van der Waals surface area contributed by atoms with Gasteiger partial charge in [0.2, 0.25) is 0 Å². The van der Waals surface area contributed by atoms with Crippen molar-refractivity contribution in [1.29, 1.82) is 0 Å². The molecule has 0 saturated heterocycles. The Bertz CT molecular complexity index is 1200. The third kappa shape index (κ3) is 5.73. The van der Waals surface area contributed by atoms with Gasteiger partial charge >= 0.3 is 0 Å². The van der Waals surface area contributed by atoms with Gasteiger partial charge in [-0.1, -0.05) is 30.0 Å². The van der Waals surface area contributed by atoms with Gasteiger partial charge < -0.3 is 10.1 Å². The Morgan fingerprint density at radius 3 is 2.88 bits per heavy atom. The molecule has 3 heterocycles. The first-order valence-electron chi connectivity index (χ1n) is 9.78. The van der Waals surface area contributed by atoms with Crippen LogP contribution in [0.1, 0.15) is 25.1 Å². The molecule has 0 aliphatic carbocycles. The lowest BCUT2D eigenvalue weighted by molar-refractivity contribution is 0.480. The van der Waals surface area contributed by atoms with Gasteiger partial charge in [-0.25, -0.2) is 19.9 Å². The van der Waals surface area contributed by atoms with Crippen molar-refractivity contribution in [3.05, 3.63) is 76.7 Å². The summed E-state index contributed by atoms with van der Waals surface area (Å²) in [5.41, 5.74) is 2.98. The summed E-state index contributed by atoms with van der Waals surface area (Å²) in [5, 5.41) is 7.83. The molecule has 1 aliphatic heterocycles. The first-order chi connectivity index (χ1) is 15.6. The van der Waals surface area contributed by atoms with Crippen LogP contribution in [-0.4, -0.2) is 20.8 Å². The Hall–Kier alpha value is -2.75. The van der Waals surface area contributed by atoms with Crippen molar-refractivity contribution in [2.75, 3.05) is 0 Å². The highest BCUT2D eigenvalue weighted by molar-refractivity contribution is 8.01.